The van der Waals surface area contributed by atoms with E-state index in [9.17, 15) is 18.0 Å². The zero-order valence-electron chi connectivity index (χ0n) is 23.3. The molecule has 0 aromatic heterocycles. The number of hydrogen-bond donors (Lipinski definition) is 1. The molecule has 1 atom stereocenters. The molecule has 0 aliphatic heterocycles. The van der Waals surface area contributed by atoms with Gasteiger partial charge in [0.05, 0.1) is 10.6 Å². The Hall–Kier alpha value is -3.07. The van der Waals surface area contributed by atoms with Crippen LogP contribution in [0.5, 0.6) is 0 Å². The molecule has 0 radical (unpaired) electrons. The Labute approximate surface area is 247 Å². The number of hydrogen-bond acceptors (Lipinski definition) is 4. The standard InChI is InChI=1S/C30H35Cl2N3O4S/c1-20(2)17-33-30(37)23(5)34(18-24-8-6-9-25(31)16-24)29(36)19-35(28-11-7-10-27(32)22(28)4)40(38,39)26-14-12-21(3)13-15-26/h6-16,20,23H,17-19H2,1-5H3,(H,33,37). The number of benzene rings is 3. The molecule has 0 bridgehead atoms. The number of amides is 2. The first-order valence-corrected chi connectivity index (χ1v) is 15.2. The topological polar surface area (TPSA) is 86.8 Å². The Morgan fingerprint density at radius 1 is 0.925 bits per heavy atom. The highest BCUT2D eigenvalue weighted by Crippen LogP contribution is 2.31. The predicted octanol–water partition coefficient (Wildman–Crippen LogP) is 6.00. The lowest BCUT2D eigenvalue weighted by atomic mass is 10.1. The minimum absolute atomic E-state index is 0.0365. The molecular weight excluding hydrogens is 569 g/mol. The van der Waals surface area contributed by atoms with Crippen LogP contribution >= 0.6 is 23.2 Å². The summed E-state index contributed by atoms with van der Waals surface area (Å²) in [6, 6.07) is 17.4. The van der Waals surface area contributed by atoms with Crippen molar-refractivity contribution in [2.45, 2.75) is 52.1 Å². The van der Waals surface area contributed by atoms with Gasteiger partial charge in [-0.1, -0.05) is 72.9 Å². The molecule has 1 unspecified atom stereocenters. The van der Waals surface area contributed by atoms with E-state index in [0.29, 0.717) is 27.7 Å². The zero-order valence-corrected chi connectivity index (χ0v) is 25.6. The van der Waals surface area contributed by atoms with E-state index in [4.69, 9.17) is 23.2 Å². The number of halogens is 2. The highest BCUT2D eigenvalue weighted by Gasteiger charge is 2.33. The van der Waals surface area contributed by atoms with E-state index in [1.165, 1.54) is 17.0 Å². The van der Waals surface area contributed by atoms with Gasteiger partial charge < -0.3 is 10.2 Å². The van der Waals surface area contributed by atoms with Crippen LogP contribution in [0, 0.1) is 19.8 Å². The van der Waals surface area contributed by atoms with E-state index >= 15 is 0 Å². The summed E-state index contributed by atoms with van der Waals surface area (Å²) < 4.78 is 29.0. The van der Waals surface area contributed by atoms with Gasteiger partial charge in [0.15, 0.2) is 0 Å². The molecule has 0 aliphatic carbocycles. The molecule has 0 fully saturated rings. The van der Waals surface area contributed by atoms with Crippen molar-refractivity contribution in [2.24, 2.45) is 5.92 Å². The fourth-order valence-corrected chi connectivity index (χ4v) is 5.94. The molecule has 1 N–H and O–H groups in total. The molecule has 0 heterocycles. The molecule has 0 saturated carbocycles. The normalized spacial score (nSPS) is 12.2. The number of carbonyl (C=O) groups excluding carboxylic acids is 2. The molecule has 2 amide bonds. The van der Waals surface area contributed by atoms with Crippen LogP contribution in [0.25, 0.3) is 0 Å². The zero-order chi connectivity index (χ0) is 29.6. The van der Waals surface area contributed by atoms with Gasteiger partial charge in [0.2, 0.25) is 11.8 Å². The number of sulfonamides is 1. The molecule has 3 rings (SSSR count). The molecule has 3 aromatic carbocycles. The Kier molecular flexibility index (Phi) is 10.6. The van der Waals surface area contributed by atoms with Gasteiger partial charge in [0, 0.05) is 23.1 Å². The van der Waals surface area contributed by atoms with Crippen molar-refractivity contribution in [2.75, 3.05) is 17.4 Å². The lowest BCUT2D eigenvalue weighted by molar-refractivity contribution is -0.139. The Morgan fingerprint density at radius 3 is 2.20 bits per heavy atom. The minimum atomic E-state index is -4.18. The van der Waals surface area contributed by atoms with Crippen molar-refractivity contribution in [3.8, 4) is 0 Å². The second-order valence-corrected chi connectivity index (χ2v) is 12.9. The van der Waals surface area contributed by atoms with Crippen molar-refractivity contribution in [1.82, 2.24) is 10.2 Å². The largest absolute Gasteiger partial charge is 0.354 e. The summed E-state index contributed by atoms with van der Waals surface area (Å²) in [5.74, 6) is -0.674. The lowest BCUT2D eigenvalue weighted by Crippen LogP contribution is -2.51. The predicted molar refractivity (Wildman–Crippen MR) is 161 cm³/mol. The van der Waals surface area contributed by atoms with Gasteiger partial charge in [-0.15, -0.1) is 0 Å². The van der Waals surface area contributed by atoms with Gasteiger partial charge in [0.1, 0.15) is 12.6 Å². The van der Waals surface area contributed by atoms with Crippen molar-refractivity contribution in [1.29, 1.82) is 0 Å². The van der Waals surface area contributed by atoms with Crippen molar-refractivity contribution in [3.05, 3.63) is 93.5 Å². The summed E-state index contributed by atoms with van der Waals surface area (Å²) in [5, 5.41) is 3.72. The summed E-state index contributed by atoms with van der Waals surface area (Å²) in [6.07, 6.45) is 0. The van der Waals surface area contributed by atoms with Gasteiger partial charge in [-0.05, 0) is 74.2 Å². The quantitative estimate of drug-likeness (QED) is 0.291. The number of carbonyl (C=O) groups is 2. The molecule has 10 heteroatoms. The van der Waals surface area contributed by atoms with Crippen LogP contribution < -0.4 is 9.62 Å². The average Bonchev–Trinajstić information content (AvgIpc) is 2.90. The number of nitrogens with one attached hydrogen (secondary N) is 1. The summed E-state index contributed by atoms with van der Waals surface area (Å²) in [6.45, 7) is 9.09. The second kappa shape index (κ2) is 13.5. The third-order valence-corrected chi connectivity index (χ3v) is 8.91. The van der Waals surface area contributed by atoms with E-state index in [-0.39, 0.29) is 29.0 Å². The molecule has 40 heavy (non-hydrogen) atoms. The van der Waals surface area contributed by atoms with Gasteiger partial charge >= 0.3 is 0 Å². The van der Waals surface area contributed by atoms with Crippen LogP contribution in [0.1, 0.15) is 37.5 Å². The van der Waals surface area contributed by atoms with Crippen LogP contribution in [-0.4, -0.2) is 44.3 Å². The molecule has 214 valence electrons. The molecule has 0 spiro atoms. The van der Waals surface area contributed by atoms with Crippen LogP contribution in [0.2, 0.25) is 10.0 Å². The van der Waals surface area contributed by atoms with Crippen LogP contribution in [0.4, 0.5) is 5.69 Å². The van der Waals surface area contributed by atoms with Crippen LogP contribution in [0.15, 0.2) is 71.6 Å². The first-order chi connectivity index (χ1) is 18.8. The molecule has 7 nitrogen and oxygen atoms in total. The van der Waals surface area contributed by atoms with E-state index in [0.717, 1.165) is 9.87 Å². The van der Waals surface area contributed by atoms with Gasteiger partial charge in [-0.2, -0.15) is 0 Å². The monoisotopic (exact) mass is 603 g/mol. The summed E-state index contributed by atoms with van der Waals surface area (Å²) >= 11 is 12.6. The summed E-state index contributed by atoms with van der Waals surface area (Å²) in [5.41, 5.74) is 2.39. The highest BCUT2D eigenvalue weighted by atomic mass is 35.5. The SMILES string of the molecule is Cc1ccc(S(=O)(=O)N(CC(=O)N(Cc2cccc(Cl)c2)C(C)C(=O)NCC(C)C)c2cccc(Cl)c2C)cc1. The van der Waals surface area contributed by atoms with Gasteiger partial charge in [0.25, 0.3) is 10.0 Å². The van der Waals surface area contributed by atoms with E-state index in [2.05, 4.69) is 5.32 Å². The van der Waals surface area contributed by atoms with Gasteiger partial charge in [-0.25, -0.2) is 8.42 Å². The fraction of sp³-hybridized carbons (Fsp3) is 0.333. The van der Waals surface area contributed by atoms with Crippen molar-refractivity contribution >= 4 is 50.7 Å². The number of rotatable bonds is 11. The van der Waals surface area contributed by atoms with E-state index in [1.807, 2.05) is 20.8 Å². The summed E-state index contributed by atoms with van der Waals surface area (Å²) in [4.78, 5) is 28.5. The third kappa shape index (κ3) is 7.77. The van der Waals surface area contributed by atoms with Crippen molar-refractivity contribution in [3.63, 3.8) is 0 Å². The Balaban J connectivity index is 2.06. The highest BCUT2D eigenvalue weighted by molar-refractivity contribution is 7.92. The fourth-order valence-electron chi connectivity index (χ4n) is 4.08. The first-order valence-electron chi connectivity index (χ1n) is 13.0. The smallest absolute Gasteiger partial charge is 0.264 e. The minimum Gasteiger partial charge on any atom is -0.354 e. The maximum absolute atomic E-state index is 14.0. The molecule has 0 aliphatic rings. The molecule has 3 aromatic rings. The summed E-state index contributed by atoms with van der Waals surface area (Å²) in [7, 11) is -4.18. The maximum Gasteiger partial charge on any atom is 0.264 e. The van der Waals surface area contributed by atoms with E-state index in [1.54, 1.807) is 68.4 Å². The number of nitrogens with zero attached hydrogens (tertiary/aromatic N) is 2. The third-order valence-electron chi connectivity index (χ3n) is 6.49. The first kappa shape index (κ1) is 31.5. The van der Waals surface area contributed by atoms with E-state index < -0.39 is 28.5 Å². The maximum atomic E-state index is 14.0. The molecule has 0 saturated heterocycles. The van der Waals surface area contributed by atoms with Crippen LogP contribution in [0.3, 0.4) is 0 Å². The van der Waals surface area contributed by atoms with Gasteiger partial charge in [-0.3, -0.25) is 13.9 Å². The average molecular weight is 605 g/mol. The Bertz CT molecular complexity index is 1460. The van der Waals surface area contributed by atoms with Crippen molar-refractivity contribution < 1.29 is 18.0 Å². The van der Waals surface area contributed by atoms with Crippen LogP contribution in [-0.2, 0) is 26.2 Å². The second-order valence-electron chi connectivity index (χ2n) is 10.2. The lowest BCUT2D eigenvalue weighted by Gasteiger charge is -2.32. The number of anilines is 1. The number of aryl methyl sites for hydroxylation is 1. The Morgan fingerprint density at radius 2 is 1.57 bits per heavy atom. The molecular formula is C30H35Cl2N3O4S.